The Morgan fingerprint density at radius 1 is 0.941 bits per heavy atom. The normalized spacial score (nSPS) is 11.7. The molecule has 0 heterocycles. The van der Waals surface area contributed by atoms with Gasteiger partial charge in [-0.1, -0.05) is 59.3 Å². The molecule has 17 heavy (non-hydrogen) atoms. The summed E-state index contributed by atoms with van der Waals surface area (Å²) < 4.78 is 5.21. The highest BCUT2D eigenvalue weighted by molar-refractivity contribution is 6.06. The second-order valence-electron chi connectivity index (χ2n) is 5.08. The van der Waals surface area contributed by atoms with Crippen LogP contribution in [0.2, 0.25) is 0 Å². The summed E-state index contributed by atoms with van der Waals surface area (Å²) in [6.07, 6.45) is 9.97. The van der Waals surface area contributed by atoms with Crippen LogP contribution >= 0.6 is 0 Å². The van der Waals surface area contributed by atoms with E-state index in [4.69, 9.17) is 4.43 Å². The van der Waals surface area contributed by atoms with Gasteiger partial charge in [-0.05, 0) is 19.3 Å². The van der Waals surface area contributed by atoms with Gasteiger partial charge in [0.25, 0.3) is 5.97 Å². The van der Waals surface area contributed by atoms with Crippen LogP contribution in [0, 0.1) is 5.41 Å². The van der Waals surface area contributed by atoms with Gasteiger partial charge in [0.15, 0.2) is 0 Å². The van der Waals surface area contributed by atoms with Gasteiger partial charge >= 0.3 is 0 Å². The molecule has 0 N–H and O–H groups in total. The number of hydrogen-bond acceptors (Lipinski definition) is 2. The van der Waals surface area contributed by atoms with Crippen molar-refractivity contribution in [3.63, 3.8) is 0 Å². The van der Waals surface area contributed by atoms with E-state index < -0.39 is 0 Å². The van der Waals surface area contributed by atoms with E-state index in [0.29, 0.717) is 10.5 Å². The Kier molecular flexibility index (Phi) is 9.51. The summed E-state index contributed by atoms with van der Waals surface area (Å²) in [4.78, 5) is 12.2. The fourth-order valence-corrected chi connectivity index (χ4v) is 2.88. The first kappa shape index (κ1) is 16.7. The van der Waals surface area contributed by atoms with Gasteiger partial charge in [0.05, 0.1) is 5.41 Å². The summed E-state index contributed by atoms with van der Waals surface area (Å²) in [5.41, 5.74) is -0.163. The van der Waals surface area contributed by atoms with E-state index in [1.165, 1.54) is 0 Å². The molecule has 0 atom stereocenters. The summed E-state index contributed by atoms with van der Waals surface area (Å²) in [5.74, 6) is 0.0829. The Hall–Kier alpha value is -0.313. The molecule has 0 saturated heterocycles. The number of carbonyl (C=O) groups is 1. The van der Waals surface area contributed by atoms with E-state index in [1.807, 2.05) is 0 Å². The molecule has 0 bridgehead atoms. The number of rotatable bonds is 10. The second kappa shape index (κ2) is 9.69. The lowest BCUT2D eigenvalue weighted by atomic mass is 9.74. The smallest absolute Gasteiger partial charge is 0.298 e. The molecule has 0 fully saturated rings. The van der Waals surface area contributed by atoms with Crippen molar-refractivity contribution in [1.82, 2.24) is 0 Å². The first-order valence-corrected chi connectivity index (χ1v) is 8.06. The molecular formula is C14H30O2Si. The van der Waals surface area contributed by atoms with Crippen LogP contribution in [-0.4, -0.2) is 16.5 Å². The third-order valence-corrected chi connectivity index (χ3v) is 4.02. The Balaban J connectivity index is 4.70. The van der Waals surface area contributed by atoms with Gasteiger partial charge in [-0.2, -0.15) is 0 Å². The van der Waals surface area contributed by atoms with Gasteiger partial charge in [0.2, 0.25) is 10.5 Å². The van der Waals surface area contributed by atoms with Gasteiger partial charge in [-0.15, -0.1) is 0 Å². The van der Waals surface area contributed by atoms with Crippen molar-refractivity contribution in [3.8, 4) is 0 Å². The SMILES string of the molecule is CCCCC(CCCC)(CCCC)C(=O)O[SiH3]. The molecule has 0 rings (SSSR count). The van der Waals surface area contributed by atoms with Crippen LogP contribution < -0.4 is 0 Å². The maximum absolute atomic E-state index is 12.2. The van der Waals surface area contributed by atoms with Crippen LogP contribution in [0.4, 0.5) is 0 Å². The van der Waals surface area contributed by atoms with Crippen molar-refractivity contribution in [1.29, 1.82) is 0 Å². The standard InChI is InChI=1S/C14H30O2Si/c1-4-7-10-14(11-8-5-2,12-9-6-3)13(15)16-17/h4-12H2,1-3,17H3. The third kappa shape index (κ3) is 5.71. The predicted octanol–water partition coefficient (Wildman–Crippen LogP) is 3.37. The molecule has 0 aromatic rings. The van der Waals surface area contributed by atoms with E-state index in [9.17, 15) is 4.79 Å². The van der Waals surface area contributed by atoms with Gasteiger partial charge in [-0.25, -0.2) is 0 Å². The average molecular weight is 258 g/mol. The minimum atomic E-state index is -0.163. The third-order valence-electron chi connectivity index (χ3n) is 3.65. The Morgan fingerprint density at radius 3 is 1.53 bits per heavy atom. The van der Waals surface area contributed by atoms with Gasteiger partial charge in [0, 0.05) is 0 Å². The zero-order valence-electron chi connectivity index (χ0n) is 12.2. The van der Waals surface area contributed by atoms with Crippen LogP contribution in [0.25, 0.3) is 0 Å². The number of hydrogen-bond donors (Lipinski definition) is 0. The van der Waals surface area contributed by atoms with Gasteiger partial charge in [-0.3, -0.25) is 4.79 Å². The van der Waals surface area contributed by atoms with Crippen molar-refractivity contribution in [2.24, 2.45) is 5.41 Å². The summed E-state index contributed by atoms with van der Waals surface area (Å²) in [6, 6.07) is 0. The summed E-state index contributed by atoms with van der Waals surface area (Å²) in [7, 11) is 0.530. The van der Waals surface area contributed by atoms with Crippen molar-refractivity contribution >= 4 is 16.5 Å². The van der Waals surface area contributed by atoms with Crippen LogP contribution in [0.3, 0.4) is 0 Å². The monoisotopic (exact) mass is 258 g/mol. The van der Waals surface area contributed by atoms with E-state index in [-0.39, 0.29) is 11.4 Å². The molecule has 2 nitrogen and oxygen atoms in total. The number of carbonyl (C=O) groups excluding carboxylic acids is 1. The molecule has 0 aliphatic heterocycles. The molecule has 0 aliphatic carbocycles. The first-order valence-electron chi connectivity index (χ1n) is 7.25. The van der Waals surface area contributed by atoms with E-state index in [0.717, 1.165) is 57.8 Å². The highest BCUT2D eigenvalue weighted by Crippen LogP contribution is 2.37. The number of unbranched alkanes of at least 4 members (excludes halogenated alkanes) is 3. The van der Waals surface area contributed by atoms with E-state index in [1.54, 1.807) is 0 Å². The van der Waals surface area contributed by atoms with Gasteiger partial charge < -0.3 is 4.43 Å². The predicted molar refractivity (Wildman–Crippen MR) is 77.0 cm³/mol. The summed E-state index contributed by atoms with van der Waals surface area (Å²) in [6.45, 7) is 6.57. The van der Waals surface area contributed by atoms with Gasteiger partial charge in [0.1, 0.15) is 0 Å². The molecule has 0 unspecified atom stereocenters. The lowest BCUT2D eigenvalue weighted by Gasteiger charge is -2.31. The molecule has 0 aromatic heterocycles. The molecule has 0 spiro atoms. The lowest BCUT2D eigenvalue weighted by Crippen LogP contribution is -2.33. The zero-order valence-corrected chi connectivity index (χ0v) is 14.2. The lowest BCUT2D eigenvalue weighted by molar-refractivity contribution is -0.147. The maximum atomic E-state index is 12.2. The van der Waals surface area contributed by atoms with Crippen LogP contribution in [0.5, 0.6) is 0 Å². The topological polar surface area (TPSA) is 26.3 Å². The molecule has 0 radical (unpaired) electrons. The minimum Gasteiger partial charge on any atom is -0.528 e. The highest BCUT2D eigenvalue weighted by Gasteiger charge is 2.36. The summed E-state index contributed by atoms with van der Waals surface area (Å²) >= 11 is 0. The highest BCUT2D eigenvalue weighted by atomic mass is 28.2. The molecular weight excluding hydrogens is 228 g/mol. The average Bonchev–Trinajstić information content (AvgIpc) is 2.37. The Morgan fingerprint density at radius 2 is 1.29 bits per heavy atom. The Bertz CT molecular complexity index is 183. The van der Waals surface area contributed by atoms with E-state index in [2.05, 4.69) is 20.8 Å². The fraction of sp³-hybridized carbons (Fsp3) is 0.929. The quantitative estimate of drug-likeness (QED) is 0.562. The molecule has 0 aromatic carbocycles. The van der Waals surface area contributed by atoms with Crippen molar-refractivity contribution in [3.05, 3.63) is 0 Å². The van der Waals surface area contributed by atoms with Crippen molar-refractivity contribution < 1.29 is 9.22 Å². The molecule has 3 heteroatoms. The first-order chi connectivity index (χ1) is 8.16. The molecule has 0 aliphatic rings. The molecule has 102 valence electrons. The largest absolute Gasteiger partial charge is 0.528 e. The Labute approximate surface area is 110 Å². The maximum Gasteiger partial charge on any atom is 0.298 e. The van der Waals surface area contributed by atoms with Crippen molar-refractivity contribution in [2.45, 2.75) is 78.6 Å². The minimum absolute atomic E-state index is 0.0829. The van der Waals surface area contributed by atoms with Crippen LogP contribution in [-0.2, 0) is 9.22 Å². The zero-order chi connectivity index (χ0) is 13.1. The second-order valence-corrected chi connectivity index (χ2v) is 5.49. The molecule has 0 saturated carbocycles. The van der Waals surface area contributed by atoms with Crippen LogP contribution in [0.1, 0.15) is 78.6 Å². The van der Waals surface area contributed by atoms with E-state index >= 15 is 0 Å². The fourth-order valence-electron chi connectivity index (χ4n) is 2.44. The summed E-state index contributed by atoms with van der Waals surface area (Å²) in [5, 5.41) is 0. The van der Waals surface area contributed by atoms with Crippen LogP contribution in [0.15, 0.2) is 0 Å². The molecule has 0 amide bonds. The van der Waals surface area contributed by atoms with Crippen molar-refractivity contribution in [2.75, 3.05) is 0 Å².